The highest BCUT2D eigenvalue weighted by Crippen LogP contribution is 2.35. The number of ether oxygens (including phenoxy) is 1. The van der Waals surface area contributed by atoms with Crippen LogP contribution < -0.4 is 0 Å². The Morgan fingerprint density at radius 1 is 1.65 bits per heavy atom. The summed E-state index contributed by atoms with van der Waals surface area (Å²) in [7, 11) is -4.71. The Morgan fingerprint density at radius 2 is 2.30 bits per heavy atom. The van der Waals surface area contributed by atoms with Crippen molar-refractivity contribution in [2.75, 3.05) is 13.5 Å². The molecule has 12 heteroatoms. The van der Waals surface area contributed by atoms with Gasteiger partial charge in [-0.2, -0.15) is 0 Å². The predicted molar refractivity (Wildman–Crippen MR) is 62.5 cm³/mol. The lowest BCUT2D eigenvalue weighted by atomic mass is 10.3. The molecule has 0 aliphatic heterocycles. The molecule has 0 aromatic carbocycles. The molecule has 1 rings (SSSR count). The average Bonchev–Trinajstić information content (AvgIpc) is 2.68. The third-order valence-corrected chi connectivity index (χ3v) is 2.75. The van der Waals surface area contributed by atoms with Crippen LogP contribution in [0.2, 0.25) is 0 Å². The average molecular weight is 313 g/mol. The largest absolute Gasteiger partial charge is 0.471 e. The van der Waals surface area contributed by atoms with Gasteiger partial charge in [0.2, 0.25) is 0 Å². The number of nitro groups is 1. The maximum atomic E-state index is 12.8. The van der Waals surface area contributed by atoms with Gasteiger partial charge in [0, 0.05) is 6.92 Å². The second kappa shape index (κ2) is 6.86. The van der Waals surface area contributed by atoms with Gasteiger partial charge in [0.25, 0.3) is 0 Å². The van der Waals surface area contributed by atoms with E-state index in [-0.39, 0.29) is 18.2 Å². The molecule has 0 aliphatic rings. The Labute approximate surface area is 112 Å². The van der Waals surface area contributed by atoms with Crippen LogP contribution in [0.15, 0.2) is 6.20 Å². The summed E-state index contributed by atoms with van der Waals surface area (Å²) in [6.07, 6.45) is -0.135. The van der Waals surface area contributed by atoms with E-state index in [1.807, 2.05) is 0 Å². The van der Waals surface area contributed by atoms with E-state index < -0.39 is 32.3 Å². The minimum Gasteiger partial charge on any atom is -0.358 e. The van der Waals surface area contributed by atoms with E-state index in [0.29, 0.717) is 0 Å². The molecular weight excluding hydrogens is 300 g/mol. The number of aryl methyl sites for hydroxylation is 1. The standard InChI is InChI=1S/C8H13FN3O7P/c1-6-10-3-8(12(13)14)11(6)4-7(2-9)18-5-19-20(15,16)17/h3,7H,2,4-5H2,1H3,(H2,15,16,17). The fourth-order valence-corrected chi connectivity index (χ4v) is 1.57. The number of aromatic nitrogens is 2. The molecule has 114 valence electrons. The van der Waals surface area contributed by atoms with E-state index in [9.17, 15) is 19.1 Å². The summed E-state index contributed by atoms with van der Waals surface area (Å²) >= 11 is 0. The van der Waals surface area contributed by atoms with Crippen LogP contribution in [0, 0.1) is 17.0 Å². The summed E-state index contributed by atoms with van der Waals surface area (Å²) in [6.45, 7) is -0.586. The lowest BCUT2D eigenvalue weighted by Gasteiger charge is -2.14. The van der Waals surface area contributed by atoms with Crippen molar-refractivity contribution in [1.29, 1.82) is 0 Å². The highest BCUT2D eigenvalue weighted by Gasteiger charge is 2.23. The highest BCUT2D eigenvalue weighted by molar-refractivity contribution is 7.46. The summed E-state index contributed by atoms with van der Waals surface area (Å²) in [5.41, 5.74) is 0. The lowest BCUT2D eigenvalue weighted by molar-refractivity contribution is -0.392. The van der Waals surface area contributed by atoms with Crippen LogP contribution in [0.4, 0.5) is 10.2 Å². The van der Waals surface area contributed by atoms with Crippen molar-refractivity contribution in [1.82, 2.24) is 9.55 Å². The van der Waals surface area contributed by atoms with Crippen molar-refractivity contribution in [3.63, 3.8) is 0 Å². The predicted octanol–water partition coefficient (Wildman–Crippen LogP) is 0.521. The third-order valence-electron chi connectivity index (χ3n) is 2.30. The van der Waals surface area contributed by atoms with Gasteiger partial charge in [-0.3, -0.25) is 4.52 Å². The first-order valence-corrected chi connectivity index (χ1v) is 6.81. The topological polar surface area (TPSA) is 137 Å². The number of hydrogen-bond donors (Lipinski definition) is 2. The molecule has 1 atom stereocenters. The molecule has 1 unspecified atom stereocenters. The van der Waals surface area contributed by atoms with Crippen LogP contribution >= 0.6 is 7.82 Å². The van der Waals surface area contributed by atoms with Crippen molar-refractivity contribution in [3.05, 3.63) is 22.1 Å². The summed E-state index contributed by atoms with van der Waals surface area (Å²) in [5, 5.41) is 10.7. The van der Waals surface area contributed by atoms with Gasteiger partial charge in [-0.15, -0.1) is 0 Å². The van der Waals surface area contributed by atoms with Gasteiger partial charge in [0.15, 0.2) is 12.6 Å². The Bertz CT molecular complexity index is 516. The number of nitrogens with zero attached hydrogens (tertiary/aromatic N) is 3. The zero-order valence-corrected chi connectivity index (χ0v) is 11.3. The summed E-state index contributed by atoms with van der Waals surface area (Å²) in [4.78, 5) is 30.6. The fourth-order valence-electron chi connectivity index (χ4n) is 1.37. The van der Waals surface area contributed by atoms with Crippen LogP contribution in [0.1, 0.15) is 5.82 Å². The molecule has 0 radical (unpaired) electrons. The summed E-state index contributed by atoms with van der Waals surface area (Å²) in [5.74, 6) is -0.0462. The van der Waals surface area contributed by atoms with Crippen molar-refractivity contribution < 1.29 is 32.9 Å². The first-order valence-electron chi connectivity index (χ1n) is 5.28. The molecule has 10 nitrogen and oxygen atoms in total. The fraction of sp³-hybridized carbons (Fsp3) is 0.625. The van der Waals surface area contributed by atoms with E-state index in [2.05, 4.69) is 9.51 Å². The molecule has 2 N–H and O–H groups in total. The van der Waals surface area contributed by atoms with Gasteiger partial charge < -0.3 is 24.6 Å². The number of phosphoric ester groups is 1. The van der Waals surface area contributed by atoms with Gasteiger partial charge in [0.1, 0.15) is 25.5 Å². The van der Waals surface area contributed by atoms with Crippen LogP contribution in [0.5, 0.6) is 0 Å². The SMILES string of the molecule is Cc1ncc([N+](=O)[O-])n1CC(CF)OCOP(=O)(O)O. The van der Waals surface area contributed by atoms with E-state index in [4.69, 9.17) is 14.5 Å². The van der Waals surface area contributed by atoms with Gasteiger partial charge in [-0.1, -0.05) is 0 Å². The van der Waals surface area contributed by atoms with Crippen molar-refractivity contribution in [2.24, 2.45) is 0 Å². The Morgan fingerprint density at radius 3 is 2.80 bits per heavy atom. The number of rotatable bonds is 8. The number of imidazole rings is 1. The first-order chi connectivity index (χ1) is 9.24. The monoisotopic (exact) mass is 313 g/mol. The van der Waals surface area contributed by atoms with Gasteiger partial charge >= 0.3 is 13.6 Å². The van der Waals surface area contributed by atoms with E-state index in [0.717, 1.165) is 10.8 Å². The minimum atomic E-state index is -4.71. The van der Waals surface area contributed by atoms with Gasteiger partial charge in [-0.05, 0) is 4.92 Å². The van der Waals surface area contributed by atoms with Crippen molar-refractivity contribution in [3.8, 4) is 0 Å². The molecule has 1 heterocycles. The van der Waals surface area contributed by atoms with Gasteiger partial charge in [0.05, 0.1) is 0 Å². The molecule has 0 aliphatic carbocycles. The second-order valence-corrected chi connectivity index (χ2v) is 4.95. The zero-order chi connectivity index (χ0) is 15.3. The molecule has 0 saturated heterocycles. The Hall–Kier alpha value is -1.39. The molecule has 0 saturated carbocycles. The second-order valence-electron chi connectivity index (χ2n) is 3.71. The van der Waals surface area contributed by atoms with E-state index in [1.54, 1.807) is 0 Å². The maximum absolute atomic E-state index is 12.8. The number of halogens is 1. The third kappa shape index (κ3) is 4.94. The molecule has 20 heavy (non-hydrogen) atoms. The van der Waals surface area contributed by atoms with Crippen LogP contribution in [-0.4, -0.2) is 43.8 Å². The smallest absolute Gasteiger partial charge is 0.358 e. The normalized spacial score (nSPS) is 13.4. The molecular formula is C8H13FN3O7P. The Kier molecular flexibility index (Phi) is 5.72. The molecule has 0 amide bonds. The van der Waals surface area contributed by atoms with E-state index in [1.165, 1.54) is 6.92 Å². The zero-order valence-electron chi connectivity index (χ0n) is 10.4. The molecule has 1 aromatic heterocycles. The number of hydrogen-bond acceptors (Lipinski definition) is 6. The molecule has 0 bridgehead atoms. The van der Waals surface area contributed by atoms with Gasteiger partial charge in [-0.25, -0.2) is 18.5 Å². The van der Waals surface area contributed by atoms with E-state index >= 15 is 0 Å². The lowest BCUT2D eigenvalue weighted by Crippen LogP contribution is -2.24. The van der Waals surface area contributed by atoms with Crippen LogP contribution in [0.3, 0.4) is 0 Å². The minimum absolute atomic E-state index is 0.233. The number of phosphoric acid groups is 1. The first kappa shape index (κ1) is 16.7. The summed E-state index contributed by atoms with van der Waals surface area (Å²) < 4.78 is 33.1. The summed E-state index contributed by atoms with van der Waals surface area (Å²) in [6, 6.07) is 0. The molecule has 0 fully saturated rings. The van der Waals surface area contributed by atoms with Crippen molar-refractivity contribution in [2.45, 2.75) is 19.6 Å². The van der Waals surface area contributed by atoms with Crippen LogP contribution in [-0.2, 0) is 20.4 Å². The molecule has 1 aromatic rings. The maximum Gasteiger partial charge on any atom is 0.471 e. The van der Waals surface area contributed by atoms with Crippen molar-refractivity contribution >= 4 is 13.6 Å². The molecule has 0 spiro atoms. The number of alkyl halides is 1. The quantitative estimate of drug-likeness (QED) is 0.307. The highest BCUT2D eigenvalue weighted by atomic mass is 31.2. The Balaban J connectivity index is 2.67. The van der Waals surface area contributed by atoms with Crippen LogP contribution in [0.25, 0.3) is 0 Å².